The van der Waals surface area contributed by atoms with E-state index in [2.05, 4.69) is 105 Å². The minimum atomic E-state index is 0. The first kappa shape index (κ1) is 27.4. The van der Waals surface area contributed by atoms with Gasteiger partial charge in [0.15, 0.2) is 0 Å². The molecule has 4 nitrogen and oxygen atoms in total. The largest absolute Gasteiger partial charge is 3.00 e. The Morgan fingerprint density at radius 2 is 1.59 bits per heavy atom. The van der Waals surface area contributed by atoms with Crippen molar-refractivity contribution in [3.05, 3.63) is 103 Å². The monoisotopic (exact) mass is 692 g/mol. The molecule has 0 saturated carbocycles. The SMILES string of the molecule is CN1[CH-]N2c3[c-]c4c(cc3N(C)c3cccc1c32)C(C)(C)CCC4(C)C.[Ir+3].[c-]1ccccc1-c1ccccn1. The van der Waals surface area contributed by atoms with Gasteiger partial charge < -0.3 is 19.7 Å². The van der Waals surface area contributed by atoms with Crippen LogP contribution in [0.2, 0.25) is 0 Å². The molecule has 1 aromatic heterocycles. The van der Waals surface area contributed by atoms with Gasteiger partial charge in [-0.2, -0.15) is 18.3 Å². The number of nitrogens with zero attached hydrogens (tertiary/aromatic N) is 4. The van der Waals surface area contributed by atoms with Gasteiger partial charge in [-0.3, -0.25) is 0 Å². The molecule has 3 aliphatic rings. The van der Waals surface area contributed by atoms with E-state index in [9.17, 15) is 0 Å². The molecule has 0 radical (unpaired) electrons. The molecule has 0 atom stereocenters. The van der Waals surface area contributed by atoms with Crippen molar-refractivity contribution in [3.8, 4) is 11.3 Å². The Morgan fingerprint density at radius 3 is 2.31 bits per heavy atom. The molecule has 0 bridgehead atoms. The average molecular weight is 692 g/mol. The first-order chi connectivity index (χ1) is 18.2. The van der Waals surface area contributed by atoms with Gasteiger partial charge in [0.05, 0.1) is 11.4 Å². The van der Waals surface area contributed by atoms with Crippen LogP contribution in [-0.2, 0) is 30.9 Å². The summed E-state index contributed by atoms with van der Waals surface area (Å²) in [5, 5.41) is 0. The molecule has 0 spiro atoms. The predicted molar refractivity (Wildman–Crippen MR) is 158 cm³/mol. The molecular formula is C34H35IrN4. The number of para-hydroxylation sites is 1. The second-order valence-electron chi connectivity index (χ2n) is 11.9. The third-order valence-electron chi connectivity index (χ3n) is 8.33. The van der Waals surface area contributed by atoms with E-state index in [4.69, 9.17) is 0 Å². The number of fused-ring (bicyclic) bond motifs is 3. The van der Waals surface area contributed by atoms with Gasteiger partial charge in [-0.15, -0.1) is 47.5 Å². The maximum atomic E-state index is 4.22. The number of anilines is 5. The minimum Gasteiger partial charge on any atom is -0.504 e. The molecule has 4 aromatic rings. The van der Waals surface area contributed by atoms with E-state index in [1.807, 2.05) is 42.5 Å². The van der Waals surface area contributed by atoms with Gasteiger partial charge in [-0.25, -0.2) is 0 Å². The van der Waals surface area contributed by atoms with Gasteiger partial charge in [-0.1, -0.05) is 63.4 Å². The number of pyridine rings is 1. The number of hydrogen-bond donors (Lipinski definition) is 0. The molecule has 3 heterocycles. The zero-order chi connectivity index (χ0) is 26.7. The van der Waals surface area contributed by atoms with E-state index in [0.29, 0.717) is 0 Å². The molecule has 0 unspecified atom stereocenters. The minimum absolute atomic E-state index is 0. The summed E-state index contributed by atoms with van der Waals surface area (Å²) < 4.78 is 0. The fourth-order valence-electron chi connectivity index (χ4n) is 5.91. The Hall–Kier alpha value is -3.14. The van der Waals surface area contributed by atoms with Crippen molar-refractivity contribution in [1.29, 1.82) is 0 Å². The van der Waals surface area contributed by atoms with Crippen LogP contribution in [0.15, 0.2) is 72.9 Å². The number of benzene rings is 3. The van der Waals surface area contributed by atoms with E-state index >= 15 is 0 Å². The van der Waals surface area contributed by atoms with Crippen LogP contribution in [0.5, 0.6) is 0 Å². The van der Waals surface area contributed by atoms with Crippen LogP contribution in [0, 0.1) is 18.8 Å². The quantitative estimate of drug-likeness (QED) is 0.188. The predicted octanol–water partition coefficient (Wildman–Crippen LogP) is 8.17. The standard InChI is InChI=1S/C23H27N3.C11H8N.Ir/c1-22(2)10-11-23(3,4)16-13-20-19(12-15(16)22)25(6)18-9-7-8-17-21(18)26(20)14-24(17)5;1-2-6-10(7-3-1)11-8-4-5-9-12-11;/h7-9,12,14H,10-11H2,1-6H3;1-6,8-9H;/q-2;-1;+3. The number of aromatic nitrogens is 1. The molecule has 7 rings (SSSR count). The van der Waals surface area contributed by atoms with E-state index < -0.39 is 0 Å². The first-order valence-electron chi connectivity index (χ1n) is 13.4. The summed E-state index contributed by atoms with van der Waals surface area (Å²) in [6.45, 7) is 11.7. The van der Waals surface area contributed by atoms with E-state index in [0.717, 1.165) is 11.3 Å². The third-order valence-corrected chi connectivity index (χ3v) is 8.33. The average Bonchev–Trinajstić information content (AvgIpc) is 3.28. The van der Waals surface area contributed by atoms with Gasteiger partial charge in [0, 0.05) is 11.9 Å². The van der Waals surface area contributed by atoms with Crippen LogP contribution in [0.1, 0.15) is 51.7 Å². The molecule has 2 aliphatic heterocycles. The Kier molecular flexibility index (Phi) is 7.11. The maximum absolute atomic E-state index is 4.22. The molecule has 200 valence electrons. The van der Waals surface area contributed by atoms with E-state index in [1.54, 1.807) is 6.20 Å². The summed E-state index contributed by atoms with van der Waals surface area (Å²) >= 11 is 0. The normalized spacial score (nSPS) is 17.2. The Morgan fingerprint density at radius 1 is 0.846 bits per heavy atom. The third kappa shape index (κ3) is 4.66. The summed E-state index contributed by atoms with van der Waals surface area (Å²) in [7, 11) is 4.31. The molecule has 0 saturated heterocycles. The molecule has 0 amide bonds. The molecule has 3 aromatic carbocycles. The summed E-state index contributed by atoms with van der Waals surface area (Å²) in [6.07, 6.45) is 4.22. The second-order valence-corrected chi connectivity index (χ2v) is 11.9. The topological polar surface area (TPSA) is 22.6 Å². The van der Waals surface area contributed by atoms with Crippen molar-refractivity contribution in [2.75, 3.05) is 28.8 Å². The van der Waals surface area contributed by atoms with Crippen molar-refractivity contribution < 1.29 is 20.1 Å². The van der Waals surface area contributed by atoms with Crippen LogP contribution in [0.4, 0.5) is 28.4 Å². The smallest absolute Gasteiger partial charge is 0.504 e. The second kappa shape index (κ2) is 10.1. The van der Waals surface area contributed by atoms with E-state index in [-0.39, 0.29) is 30.9 Å². The van der Waals surface area contributed by atoms with E-state index in [1.165, 1.54) is 52.4 Å². The van der Waals surface area contributed by atoms with Gasteiger partial charge >= 0.3 is 20.1 Å². The maximum Gasteiger partial charge on any atom is 3.00 e. The van der Waals surface area contributed by atoms with Gasteiger partial charge in [-0.05, 0) is 55.5 Å². The molecule has 1 aliphatic carbocycles. The zero-order valence-electron chi connectivity index (χ0n) is 23.5. The first-order valence-corrected chi connectivity index (χ1v) is 13.4. The van der Waals surface area contributed by atoms with Crippen molar-refractivity contribution in [1.82, 2.24) is 4.98 Å². The van der Waals surface area contributed by atoms with Crippen LogP contribution in [0.3, 0.4) is 0 Å². The van der Waals surface area contributed by atoms with Crippen molar-refractivity contribution in [3.63, 3.8) is 0 Å². The summed E-state index contributed by atoms with van der Waals surface area (Å²) in [5.41, 5.74) is 11.5. The van der Waals surface area contributed by atoms with Gasteiger partial charge in [0.25, 0.3) is 0 Å². The van der Waals surface area contributed by atoms with Crippen LogP contribution < -0.4 is 14.7 Å². The number of hydrogen-bond acceptors (Lipinski definition) is 4. The van der Waals surface area contributed by atoms with Crippen molar-refractivity contribution >= 4 is 28.4 Å². The van der Waals surface area contributed by atoms with Gasteiger partial charge in [0.1, 0.15) is 0 Å². The zero-order valence-corrected chi connectivity index (χ0v) is 25.9. The van der Waals surface area contributed by atoms with Crippen molar-refractivity contribution in [2.45, 2.75) is 51.4 Å². The molecule has 0 fully saturated rings. The Bertz CT molecular complexity index is 1440. The molecule has 39 heavy (non-hydrogen) atoms. The fraction of sp³-hybridized carbons (Fsp3) is 0.294. The van der Waals surface area contributed by atoms with Crippen molar-refractivity contribution in [2.24, 2.45) is 0 Å². The summed E-state index contributed by atoms with van der Waals surface area (Å²) in [4.78, 5) is 11.1. The Balaban J connectivity index is 0.000000200. The van der Waals surface area contributed by atoms with Crippen LogP contribution in [-0.4, -0.2) is 19.1 Å². The molecular weight excluding hydrogens is 657 g/mol. The number of rotatable bonds is 1. The Labute approximate surface area is 247 Å². The summed E-state index contributed by atoms with van der Waals surface area (Å²) in [6, 6.07) is 29.7. The van der Waals surface area contributed by atoms with Crippen LogP contribution in [0.25, 0.3) is 11.3 Å². The molecule has 0 N–H and O–H groups in total. The molecule has 5 heteroatoms. The summed E-state index contributed by atoms with van der Waals surface area (Å²) in [5.74, 6) is 0. The van der Waals surface area contributed by atoms with Crippen LogP contribution >= 0.6 is 0 Å². The fourth-order valence-corrected chi connectivity index (χ4v) is 5.91. The van der Waals surface area contributed by atoms with Gasteiger partial charge in [0.2, 0.25) is 0 Å².